The molecule has 0 aliphatic heterocycles. The Bertz CT molecular complexity index is 678. The van der Waals surface area contributed by atoms with Crippen LogP contribution in [0.2, 0.25) is 0 Å². The SMILES string of the molecule is Cc1ccc(F)c(-c2[nH]cnc(=S)c2C(C)C)c1F. The predicted molar refractivity (Wildman–Crippen MR) is 73.6 cm³/mol. The largest absolute Gasteiger partial charge is 0.345 e. The van der Waals surface area contributed by atoms with Crippen LogP contribution in [0.25, 0.3) is 11.3 Å². The van der Waals surface area contributed by atoms with Gasteiger partial charge in [0, 0.05) is 5.56 Å². The predicted octanol–water partition coefficient (Wildman–Crippen LogP) is 4.52. The van der Waals surface area contributed by atoms with E-state index in [0.29, 0.717) is 21.5 Å². The molecule has 0 saturated carbocycles. The fourth-order valence-corrected chi connectivity index (χ4v) is 2.43. The maximum Gasteiger partial charge on any atom is 0.138 e. The molecule has 1 heterocycles. The number of halogens is 2. The minimum Gasteiger partial charge on any atom is -0.345 e. The number of nitrogens with one attached hydrogen (secondary N) is 1. The minimum absolute atomic E-state index is 0.0202. The molecule has 2 rings (SSSR count). The van der Waals surface area contributed by atoms with Crippen molar-refractivity contribution in [2.45, 2.75) is 26.7 Å². The summed E-state index contributed by atoms with van der Waals surface area (Å²) >= 11 is 5.16. The summed E-state index contributed by atoms with van der Waals surface area (Å²) in [6.07, 6.45) is 1.37. The lowest BCUT2D eigenvalue weighted by Crippen LogP contribution is -2.03. The van der Waals surface area contributed by atoms with Crippen LogP contribution in [0.15, 0.2) is 18.5 Å². The number of hydrogen-bond donors (Lipinski definition) is 1. The highest BCUT2D eigenvalue weighted by molar-refractivity contribution is 7.71. The van der Waals surface area contributed by atoms with Crippen LogP contribution in [0.3, 0.4) is 0 Å². The van der Waals surface area contributed by atoms with E-state index in [-0.39, 0.29) is 11.5 Å². The Kier molecular flexibility index (Phi) is 3.75. The maximum absolute atomic E-state index is 14.2. The zero-order valence-corrected chi connectivity index (χ0v) is 11.7. The molecule has 1 N–H and O–H groups in total. The van der Waals surface area contributed by atoms with Crippen LogP contribution in [0.1, 0.15) is 30.9 Å². The van der Waals surface area contributed by atoms with Crippen molar-refractivity contribution < 1.29 is 8.78 Å². The highest BCUT2D eigenvalue weighted by Gasteiger charge is 2.19. The summed E-state index contributed by atoms with van der Waals surface area (Å²) < 4.78 is 28.6. The zero-order valence-electron chi connectivity index (χ0n) is 10.9. The van der Waals surface area contributed by atoms with Gasteiger partial charge in [-0.3, -0.25) is 0 Å². The summed E-state index contributed by atoms with van der Waals surface area (Å²) in [6, 6.07) is 2.67. The summed E-state index contributed by atoms with van der Waals surface area (Å²) in [5, 5.41) is 0. The van der Waals surface area contributed by atoms with Crippen LogP contribution < -0.4 is 0 Å². The highest BCUT2D eigenvalue weighted by Crippen LogP contribution is 2.32. The molecule has 0 radical (unpaired) electrons. The molecule has 0 saturated heterocycles. The van der Waals surface area contributed by atoms with Gasteiger partial charge in [-0.25, -0.2) is 13.8 Å². The molecule has 0 aliphatic rings. The van der Waals surface area contributed by atoms with Crippen molar-refractivity contribution in [1.29, 1.82) is 0 Å². The molecule has 5 heteroatoms. The number of aryl methyl sites for hydroxylation is 1. The summed E-state index contributed by atoms with van der Waals surface area (Å²) in [7, 11) is 0. The Hall–Kier alpha value is -1.62. The van der Waals surface area contributed by atoms with Crippen LogP contribution in [0.4, 0.5) is 8.78 Å². The van der Waals surface area contributed by atoms with Crippen molar-refractivity contribution >= 4 is 12.2 Å². The summed E-state index contributed by atoms with van der Waals surface area (Å²) in [4.78, 5) is 6.81. The standard InChI is InChI=1S/C14H14F2N2S/c1-7(2)10-13(17-6-18-14(10)19)11-9(15)5-4-8(3)12(11)16/h4-7H,1-3H3,(H,17,18,19). The number of aromatic nitrogens is 2. The van der Waals surface area contributed by atoms with E-state index in [1.807, 2.05) is 13.8 Å². The van der Waals surface area contributed by atoms with Crippen molar-refractivity contribution in [2.75, 3.05) is 0 Å². The molecule has 0 fully saturated rings. The van der Waals surface area contributed by atoms with Gasteiger partial charge in [0.05, 0.1) is 17.6 Å². The summed E-state index contributed by atoms with van der Waals surface area (Å²) in [6.45, 7) is 5.43. The molecule has 0 atom stereocenters. The van der Waals surface area contributed by atoms with E-state index in [1.165, 1.54) is 18.5 Å². The van der Waals surface area contributed by atoms with Gasteiger partial charge in [0.25, 0.3) is 0 Å². The van der Waals surface area contributed by atoms with Crippen LogP contribution >= 0.6 is 12.2 Å². The number of rotatable bonds is 2. The molecule has 0 bridgehead atoms. The quantitative estimate of drug-likeness (QED) is 0.819. The van der Waals surface area contributed by atoms with Crippen molar-refractivity contribution in [1.82, 2.24) is 9.97 Å². The first-order valence-electron chi connectivity index (χ1n) is 5.96. The Morgan fingerprint density at radius 1 is 1.26 bits per heavy atom. The van der Waals surface area contributed by atoms with Gasteiger partial charge in [-0.15, -0.1) is 0 Å². The molecule has 0 unspecified atom stereocenters. The molecule has 100 valence electrons. The second-order valence-corrected chi connectivity index (χ2v) is 5.09. The van der Waals surface area contributed by atoms with Gasteiger partial charge in [-0.1, -0.05) is 32.1 Å². The van der Waals surface area contributed by atoms with Gasteiger partial charge in [0.1, 0.15) is 16.3 Å². The van der Waals surface area contributed by atoms with Crippen LogP contribution in [0, 0.1) is 23.2 Å². The van der Waals surface area contributed by atoms with Crippen molar-refractivity contribution in [3.63, 3.8) is 0 Å². The summed E-state index contributed by atoms with van der Waals surface area (Å²) in [5.41, 5.74) is 1.34. The Balaban J connectivity index is 2.84. The van der Waals surface area contributed by atoms with E-state index >= 15 is 0 Å². The second-order valence-electron chi connectivity index (χ2n) is 4.70. The van der Waals surface area contributed by atoms with E-state index in [0.717, 1.165) is 0 Å². The normalized spacial score (nSPS) is 11.1. The van der Waals surface area contributed by atoms with Crippen molar-refractivity contribution in [3.05, 3.63) is 45.9 Å². The van der Waals surface area contributed by atoms with Gasteiger partial charge in [0.15, 0.2) is 0 Å². The lowest BCUT2D eigenvalue weighted by Gasteiger charge is -2.14. The molecule has 0 amide bonds. The van der Waals surface area contributed by atoms with Crippen LogP contribution in [0.5, 0.6) is 0 Å². The Labute approximate surface area is 115 Å². The average Bonchev–Trinajstić information content (AvgIpc) is 2.34. The minimum atomic E-state index is -0.609. The van der Waals surface area contributed by atoms with E-state index in [1.54, 1.807) is 6.92 Å². The first kappa shape index (κ1) is 13.8. The first-order chi connectivity index (χ1) is 8.93. The van der Waals surface area contributed by atoms with Gasteiger partial charge < -0.3 is 4.98 Å². The monoisotopic (exact) mass is 280 g/mol. The van der Waals surface area contributed by atoms with Crippen LogP contribution in [-0.4, -0.2) is 9.97 Å². The molecule has 0 spiro atoms. The third-order valence-corrected chi connectivity index (χ3v) is 3.33. The van der Waals surface area contributed by atoms with E-state index in [2.05, 4.69) is 9.97 Å². The number of H-pyrrole nitrogens is 1. The van der Waals surface area contributed by atoms with Crippen molar-refractivity contribution in [2.24, 2.45) is 0 Å². The fraction of sp³-hybridized carbons (Fsp3) is 0.286. The van der Waals surface area contributed by atoms with E-state index in [4.69, 9.17) is 12.2 Å². The average molecular weight is 280 g/mol. The van der Waals surface area contributed by atoms with E-state index < -0.39 is 11.6 Å². The number of benzene rings is 1. The van der Waals surface area contributed by atoms with Crippen molar-refractivity contribution in [3.8, 4) is 11.3 Å². The highest BCUT2D eigenvalue weighted by atomic mass is 32.1. The summed E-state index contributed by atoms with van der Waals surface area (Å²) in [5.74, 6) is -1.16. The zero-order chi connectivity index (χ0) is 14.2. The topological polar surface area (TPSA) is 28.7 Å². The molecule has 2 aromatic rings. The molecule has 0 aliphatic carbocycles. The van der Waals surface area contributed by atoms with E-state index in [9.17, 15) is 8.78 Å². The smallest absolute Gasteiger partial charge is 0.138 e. The van der Waals surface area contributed by atoms with Crippen LogP contribution in [-0.2, 0) is 0 Å². The Morgan fingerprint density at radius 2 is 1.95 bits per heavy atom. The molecular formula is C14H14F2N2S. The number of hydrogen-bond acceptors (Lipinski definition) is 2. The lowest BCUT2D eigenvalue weighted by molar-refractivity contribution is 0.582. The third kappa shape index (κ3) is 2.42. The third-order valence-electron chi connectivity index (χ3n) is 3.00. The molecule has 19 heavy (non-hydrogen) atoms. The van der Waals surface area contributed by atoms with Gasteiger partial charge >= 0.3 is 0 Å². The molecule has 2 nitrogen and oxygen atoms in total. The lowest BCUT2D eigenvalue weighted by atomic mass is 9.97. The first-order valence-corrected chi connectivity index (χ1v) is 6.36. The number of aromatic amines is 1. The van der Waals surface area contributed by atoms with Gasteiger partial charge in [-0.2, -0.15) is 0 Å². The molecule has 1 aromatic heterocycles. The number of nitrogens with zero attached hydrogens (tertiary/aromatic N) is 1. The molecule has 1 aromatic carbocycles. The maximum atomic E-state index is 14.2. The van der Waals surface area contributed by atoms with Gasteiger partial charge in [-0.05, 0) is 24.5 Å². The second kappa shape index (κ2) is 5.17. The molecular weight excluding hydrogens is 266 g/mol. The van der Waals surface area contributed by atoms with Gasteiger partial charge in [0.2, 0.25) is 0 Å². The fourth-order valence-electron chi connectivity index (χ4n) is 2.04. The Morgan fingerprint density at radius 3 is 2.58 bits per heavy atom.